The van der Waals surface area contributed by atoms with Crippen LogP contribution >= 0.6 is 34.4 Å². The van der Waals surface area contributed by atoms with Crippen molar-refractivity contribution in [3.8, 4) is 0 Å². The van der Waals surface area contributed by atoms with Crippen LogP contribution in [0.15, 0.2) is 33.9 Å². The van der Waals surface area contributed by atoms with Crippen molar-refractivity contribution >= 4 is 40.4 Å². The van der Waals surface area contributed by atoms with Crippen LogP contribution in [0.4, 0.5) is 0 Å². The summed E-state index contributed by atoms with van der Waals surface area (Å²) in [5.74, 6) is 0.158. The molecule has 2 aromatic rings. The Morgan fingerprint density at radius 2 is 2.31 bits per heavy atom. The van der Waals surface area contributed by atoms with Crippen LogP contribution in [0, 0.1) is 0 Å². The first kappa shape index (κ1) is 11.7. The number of aromatic carboxylic acids is 1. The predicted molar refractivity (Wildman–Crippen MR) is 70.0 cm³/mol. The van der Waals surface area contributed by atoms with E-state index in [1.54, 1.807) is 29.2 Å². The van der Waals surface area contributed by atoms with Crippen LogP contribution in [0.1, 0.15) is 14.5 Å². The van der Waals surface area contributed by atoms with Gasteiger partial charge in [0, 0.05) is 20.9 Å². The Hall–Kier alpha value is -0.780. The van der Waals surface area contributed by atoms with E-state index in [0.717, 1.165) is 17.1 Å². The summed E-state index contributed by atoms with van der Waals surface area (Å²) in [4.78, 5) is 13.5. The van der Waals surface area contributed by atoms with Crippen LogP contribution in [-0.4, -0.2) is 16.8 Å². The summed E-state index contributed by atoms with van der Waals surface area (Å²) >= 11 is 4.76. The zero-order valence-corrected chi connectivity index (χ0v) is 10.8. The maximum Gasteiger partial charge on any atom is 0.345 e. The molecule has 0 aliphatic carbocycles. The highest BCUT2D eigenvalue weighted by Gasteiger charge is 2.06. The number of rotatable bonds is 5. The number of hydrogen-bond donors (Lipinski definition) is 1. The Morgan fingerprint density at radius 3 is 2.94 bits per heavy atom. The molecule has 2 heterocycles. The van der Waals surface area contributed by atoms with Crippen LogP contribution in [-0.2, 0) is 6.42 Å². The van der Waals surface area contributed by atoms with Crippen molar-refractivity contribution in [1.82, 2.24) is 0 Å². The lowest BCUT2D eigenvalue weighted by molar-refractivity contribution is 0.0702. The summed E-state index contributed by atoms with van der Waals surface area (Å²) < 4.78 is 0. The molecule has 16 heavy (non-hydrogen) atoms. The minimum absolute atomic E-state index is 0.415. The minimum atomic E-state index is -0.838. The van der Waals surface area contributed by atoms with Gasteiger partial charge in [-0.3, -0.25) is 0 Å². The highest BCUT2D eigenvalue weighted by molar-refractivity contribution is 7.99. The van der Waals surface area contributed by atoms with Gasteiger partial charge >= 0.3 is 5.97 Å². The van der Waals surface area contributed by atoms with Crippen LogP contribution in [0.25, 0.3) is 0 Å². The molecular weight excluding hydrogens is 260 g/mol. The van der Waals surface area contributed by atoms with Gasteiger partial charge in [0.15, 0.2) is 0 Å². The first-order valence-electron chi connectivity index (χ1n) is 4.73. The lowest BCUT2D eigenvalue weighted by Gasteiger charge is -1.96. The zero-order chi connectivity index (χ0) is 11.4. The van der Waals surface area contributed by atoms with Crippen LogP contribution in [0.5, 0.6) is 0 Å². The van der Waals surface area contributed by atoms with Gasteiger partial charge in [-0.05, 0) is 23.9 Å². The van der Waals surface area contributed by atoms with Gasteiger partial charge in [0.25, 0.3) is 0 Å². The second-order valence-corrected chi connectivity index (χ2v) is 6.24. The van der Waals surface area contributed by atoms with Gasteiger partial charge in [0.2, 0.25) is 0 Å². The third-order valence-electron chi connectivity index (χ3n) is 1.98. The molecule has 0 bridgehead atoms. The summed E-state index contributed by atoms with van der Waals surface area (Å²) in [7, 11) is 0. The molecule has 2 rings (SSSR count). The van der Waals surface area contributed by atoms with Gasteiger partial charge in [-0.15, -0.1) is 34.4 Å². The van der Waals surface area contributed by atoms with Gasteiger partial charge in [-0.25, -0.2) is 4.79 Å². The topological polar surface area (TPSA) is 37.3 Å². The van der Waals surface area contributed by atoms with E-state index in [1.165, 1.54) is 16.2 Å². The number of carboxylic acid groups (broad SMARTS) is 1. The van der Waals surface area contributed by atoms with Crippen molar-refractivity contribution in [2.75, 3.05) is 5.75 Å². The van der Waals surface area contributed by atoms with E-state index in [-0.39, 0.29) is 0 Å². The number of thioether (sulfide) groups is 1. The van der Waals surface area contributed by atoms with Crippen LogP contribution in [0.2, 0.25) is 0 Å². The van der Waals surface area contributed by atoms with Gasteiger partial charge in [0.1, 0.15) is 4.88 Å². The first-order valence-corrected chi connectivity index (χ1v) is 7.47. The Kier molecular flexibility index (Phi) is 4.04. The molecule has 0 radical (unpaired) electrons. The van der Waals surface area contributed by atoms with Crippen molar-refractivity contribution in [3.05, 3.63) is 38.7 Å². The van der Waals surface area contributed by atoms with E-state index in [2.05, 4.69) is 17.5 Å². The van der Waals surface area contributed by atoms with E-state index < -0.39 is 5.97 Å². The van der Waals surface area contributed by atoms with E-state index in [9.17, 15) is 4.79 Å². The van der Waals surface area contributed by atoms with E-state index in [4.69, 9.17) is 5.11 Å². The zero-order valence-electron chi connectivity index (χ0n) is 8.38. The molecule has 0 spiro atoms. The molecule has 0 saturated carbocycles. The van der Waals surface area contributed by atoms with Gasteiger partial charge in [-0.2, -0.15) is 0 Å². The molecule has 0 fully saturated rings. The minimum Gasteiger partial charge on any atom is -0.477 e. The highest BCUT2D eigenvalue weighted by Crippen LogP contribution is 2.26. The molecule has 0 unspecified atom stereocenters. The maximum absolute atomic E-state index is 10.7. The fraction of sp³-hybridized carbons (Fsp3) is 0.182. The molecule has 0 atom stereocenters. The average Bonchev–Trinajstić information content (AvgIpc) is 2.87. The molecule has 0 aliphatic rings. The lowest BCUT2D eigenvalue weighted by Crippen LogP contribution is -1.90. The van der Waals surface area contributed by atoms with Crippen molar-refractivity contribution < 1.29 is 9.90 Å². The summed E-state index contributed by atoms with van der Waals surface area (Å²) in [6.45, 7) is 0. The highest BCUT2D eigenvalue weighted by atomic mass is 32.2. The fourth-order valence-corrected chi connectivity index (χ4v) is 3.93. The van der Waals surface area contributed by atoms with Gasteiger partial charge in [0.05, 0.1) is 0 Å². The Morgan fingerprint density at radius 1 is 1.44 bits per heavy atom. The SMILES string of the molecule is O=C(O)c1cc(SCCc2cccs2)cs1. The van der Waals surface area contributed by atoms with Crippen molar-refractivity contribution in [2.24, 2.45) is 0 Å². The average molecular weight is 270 g/mol. The molecule has 5 heteroatoms. The molecule has 0 amide bonds. The summed E-state index contributed by atoms with van der Waals surface area (Å²) in [6, 6.07) is 5.92. The number of carbonyl (C=O) groups is 1. The quantitative estimate of drug-likeness (QED) is 0.839. The Bertz CT molecular complexity index is 459. The van der Waals surface area contributed by atoms with Crippen molar-refractivity contribution in [1.29, 1.82) is 0 Å². The number of aryl methyl sites for hydroxylation is 1. The van der Waals surface area contributed by atoms with E-state index >= 15 is 0 Å². The number of hydrogen-bond acceptors (Lipinski definition) is 4. The Balaban J connectivity index is 1.83. The number of carboxylic acids is 1. The molecule has 2 nitrogen and oxygen atoms in total. The second kappa shape index (κ2) is 5.52. The van der Waals surface area contributed by atoms with Crippen molar-refractivity contribution in [2.45, 2.75) is 11.3 Å². The third-order valence-corrected chi connectivity index (χ3v) is 4.96. The summed E-state index contributed by atoms with van der Waals surface area (Å²) in [6.07, 6.45) is 1.04. The van der Waals surface area contributed by atoms with E-state index in [0.29, 0.717) is 4.88 Å². The lowest BCUT2D eigenvalue weighted by atomic mass is 10.4. The normalized spacial score (nSPS) is 10.5. The number of thiophene rings is 2. The molecule has 2 aromatic heterocycles. The molecule has 0 aliphatic heterocycles. The van der Waals surface area contributed by atoms with Crippen molar-refractivity contribution in [3.63, 3.8) is 0 Å². The predicted octanol–water partition coefficient (Wildman–Crippen LogP) is 3.84. The standard InChI is InChI=1S/C11H10O2S3/c12-11(13)10-6-9(7-16-10)15-5-3-8-2-1-4-14-8/h1-2,4,6-7H,3,5H2,(H,12,13). The van der Waals surface area contributed by atoms with Gasteiger partial charge < -0.3 is 5.11 Å². The monoisotopic (exact) mass is 270 g/mol. The molecule has 1 N–H and O–H groups in total. The van der Waals surface area contributed by atoms with Gasteiger partial charge in [-0.1, -0.05) is 6.07 Å². The second-order valence-electron chi connectivity index (χ2n) is 3.13. The van der Waals surface area contributed by atoms with Crippen LogP contribution in [0.3, 0.4) is 0 Å². The fourth-order valence-electron chi connectivity index (χ4n) is 1.23. The molecule has 84 valence electrons. The first-order chi connectivity index (χ1) is 7.75. The smallest absolute Gasteiger partial charge is 0.345 e. The van der Waals surface area contributed by atoms with Crippen LogP contribution < -0.4 is 0 Å². The van der Waals surface area contributed by atoms with E-state index in [1.807, 2.05) is 5.38 Å². The maximum atomic E-state index is 10.7. The largest absolute Gasteiger partial charge is 0.477 e. The summed E-state index contributed by atoms with van der Waals surface area (Å²) in [5.41, 5.74) is 0. The third kappa shape index (κ3) is 3.10. The molecule has 0 aromatic carbocycles. The molecular formula is C11H10O2S3. The molecule has 0 saturated heterocycles. The summed E-state index contributed by atoms with van der Waals surface area (Å²) in [5, 5.41) is 12.8. The Labute approximate surface area is 106 Å².